The van der Waals surface area contributed by atoms with Crippen LogP contribution < -0.4 is 4.90 Å². The largest absolute Gasteiger partial charge is 0.378 e. The fraction of sp³-hybridized carbons (Fsp3) is 0.500. The molecule has 0 spiro atoms. The van der Waals surface area contributed by atoms with Crippen molar-refractivity contribution in [2.45, 2.75) is 41.0 Å². The van der Waals surface area contributed by atoms with Gasteiger partial charge in [-0.25, -0.2) is 0 Å². The summed E-state index contributed by atoms with van der Waals surface area (Å²) in [5, 5.41) is 0. The minimum Gasteiger partial charge on any atom is -0.378 e. The molecule has 0 saturated carbocycles. The zero-order chi connectivity index (χ0) is 13.7. The molecule has 0 fully saturated rings. The third kappa shape index (κ3) is 8.39. The molecule has 1 rings (SSSR count). The molecule has 0 aromatic heterocycles. The fourth-order valence-electron chi connectivity index (χ4n) is 1.03. The minimum atomic E-state index is 0.912. The Morgan fingerprint density at radius 1 is 0.941 bits per heavy atom. The number of benzene rings is 1. The van der Waals surface area contributed by atoms with Crippen molar-refractivity contribution in [3.8, 4) is 11.8 Å². The summed E-state index contributed by atoms with van der Waals surface area (Å²) in [4.78, 5) is 2.08. The average Bonchev–Trinajstić information content (AvgIpc) is 2.41. The highest BCUT2D eigenvalue weighted by Gasteiger charge is 1.92. The van der Waals surface area contributed by atoms with Crippen LogP contribution in [0.15, 0.2) is 24.3 Å². The Balaban J connectivity index is 0. The first kappa shape index (κ1) is 18.0. The van der Waals surface area contributed by atoms with Gasteiger partial charge in [0.15, 0.2) is 0 Å². The summed E-state index contributed by atoms with van der Waals surface area (Å²) < 4.78 is 0. The molecule has 1 nitrogen and oxygen atoms in total. The lowest BCUT2D eigenvalue weighted by atomic mass is 10.2. The summed E-state index contributed by atoms with van der Waals surface area (Å²) >= 11 is 0. The smallest absolute Gasteiger partial charge is 0.0361 e. The van der Waals surface area contributed by atoms with Crippen molar-refractivity contribution < 1.29 is 0 Å². The third-order valence-electron chi connectivity index (χ3n) is 1.79. The summed E-state index contributed by atoms with van der Waals surface area (Å²) in [6.07, 6.45) is 0.912. The maximum absolute atomic E-state index is 3.09. The standard InChI is InChI=1S/C12H15N.2C2H6/c1-4-5-6-11-7-9-12(10-8-11)13(2)3;2*1-2/h7-10H,4H2,1-3H3;2*1-2H3. The van der Waals surface area contributed by atoms with Gasteiger partial charge in [0.05, 0.1) is 0 Å². The maximum atomic E-state index is 3.09. The van der Waals surface area contributed by atoms with E-state index in [2.05, 4.69) is 47.9 Å². The summed E-state index contributed by atoms with van der Waals surface area (Å²) in [7, 11) is 4.07. The second kappa shape index (κ2) is 12.6. The van der Waals surface area contributed by atoms with Crippen LogP contribution in [0.2, 0.25) is 0 Å². The van der Waals surface area contributed by atoms with E-state index in [9.17, 15) is 0 Å². The van der Waals surface area contributed by atoms with Gasteiger partial charge in [0.2, 0.25) is 0 Å². The topological polar surface area (TPSA) is 3.24 Å². The lowest BCUT2D eigenvalue weighted by Gasteiger charge is -2.11. The molecule has 0 aliphatic heterocycles. The van der Waals surface area contributed by atoms with E-state index >= 15 is 0 Å². The molecule has 0 N–H and O–H groups in total. The van der Waals surface area contributed by atoms with Crippen molar-refractivity contribution in [2.24, 2.45) is 0 Å². The zero-order valence-corrected chi connectivity index (χ0v) is 12.5. The van der Waals surface area contributed by atoms with E-state index in [-0.39, 0.29) is 0 Å². The molecular formula is C16H27N. The second-order valence-corrected chi connectivity index (χ2v) is 3.10. The predicted octanol–water partition coefficient (Wildman–Crippen LogP) is 4.57. The van der Waals surface area contributed by atoms with Crippen molar-refractivity contribution in [3.05, 3.63) is 29.8 Å². The number of anilines is 1. The second-order valence-electron chi connectivity index (χ2n) is 3.10. The van der Waals surface area contributed by atoms with Crippen molar-refractivity contribution in [2.75, 3.05) is 19.0 Å². The number of hydrogen-bond donors (Lipinski definition) is 0. The van der Waals surface area contributed by atoms with Crippen molar-refractivity contribution in [1.82, 2.24) is 0 Å². The minimum absolute atomic E-state index is 0.912. The van der Waals surface area contributed by atoms with Gasteiger partial charge in [0.25, 0.3) is 0 Å². The van der Waals surface area contributed by atoms with Crippen LogP contribution in [0, 0.1) is 11.8 Å². The van der Waals surface area contributed by atoms with Gasteiger partial charge in [-0.3, -0.25) is 0 Å². The van der Waals surface area contributed by atoms with Gasteiger partial charge in [-0.15, -0.1) is 0 Å². The van der Waals surface area contributed by atoms with E-state index in [1.54, 1.807) is 0 Å². The maximum Gasteiger partial charge on any atom is 0.0361 e. The van der Waals surface area contributed by atoms with Gasteiger partial charge in [-0.1, -0.05) is 46.5 Å². The number of rotatable bonds is 1. The lowest BCUT2D eigenvalue weighted by molar-refractivity contribution is 1.13. The molecular weight excluding hydrogens is 206 g/mol. The predicted molar refractivity (Wildman–Crippen MR) is 80.6 cm³/mol. The molecule has 0 aliphatic carbocycles. The number of hydrogen-bond acceptors (Lipinski definition) is 1. The van der Waals surface area contributed by atoms with Crippen molar-refractivity contribution in [3.63, 3.8) is 0 Å². The average molecular weight is 233 g/mol. The summed E-state index contributed by atoms with van der Waals surface area (Å²) in [6, 6.07) is 8.27. The van der Waals surface area contributed by atoms with Gasteiger partial charge in [0, 0.05) is 31.8 Å². The van der Waals surface area contributed by atoms with Gasteiger partial charge in [-0.2, -0.15) is 0 Å². The SMILES string of the molecule is CC.CC.CCC#Cc1ccc(N(C)C)cc1. The molecule has 1 aromatic carbocycles. The Morgan fingerprint density at radius 3 is 1.76 bits per heavy atom. The highest BCUT2D eigenvalue weighted by molar-refractivity contribution is 5.49. The van der Waals surface area contributed by atoms with E-state index in [0.717, 1.165) is 12.0 Å². The van der Waals surface area contributed by atoms with Gasteiger partial charge < -0.3 is 4.90 Å². The van der Waals surface area contributed by atoms with Gasteiger partial charge in [-0.05, 0) is 24.3 Å². The van der Waals surface area contributed by atoms with Crippen LogP contribution in [0.5, 0.6) is 0 Å². The molecule has 0 radical (unpaired) electrons. The van der Waals surface area contributed by atoms with Crippen LogP contribution in [-0.2, 0) is 0 Å². The van der Waals surface area contributed by atoms with E-state index in [0.29, 0.717) is 0 Å². The van der Waals surface area contributed by atoms with Crippen molar-refractivity contribution >= 4 is 5.69 Å². The lowest BCUT2D eigenvalue weighted by Crippen LogP contribution is -2.07. The fourth-order valence-corrected chi connectivity index (χ4v) is 1.03. The number of nitrogens with zero attached hydrogens (tertiary/aromatic N) is 1. The monoisotopic (exact) mass is 233 g/mol. The van der Waals surface area contributed by atoms with E-state index in [1.165, 1.54) is 5.69 Å². The molecule has 0 saturated heterocycles. The molecule has 0 amide bonds. The summed E-state index contributed by atoms with van der Waals surface area (Å²) in [5.41, 5.74) is 2.30. The van der Waals surface area contributed by atoms with E-state index < -0.39 is 0 Å². The van der Waals surface area contributed by atoms with Crippen LogP contribution >= 0.6 is 0 Å². The van der Waals surface area contributed by atoms with Crippen LogP contribution in [0.3, 0.4) is 0 Å². The van der Waals surface area contributed by atoms with Crippen LogP contribution in [0.4, 0.5) is 5.69 Å². The quantitative estimate of drug-likeness (QED) is 0.642. The molecule has 1 heteroatoms. The molecule has 17 heavy (non-hydrogen) atoms. The molecule has 96 valence electrons. The van der Waals surface area contributed by atoms with Crippen molar-refractivity contribution in [1.29, 1.82) is 0 Å². The van der Waals surface area contributed by atoms with Crippen LogP contribution in [0.1, 0.15) is 46.6 Å². The first-order valence-corrected chi connectivity index (χ1v) is 6.50. The molecule has 0 bridgehead atoms. The third-order valence-corrected chi connectivity index (χ3v) is 1.79. The Labute approximate surface area is 108 Å². The van der Waals surface area contributed by atoms with E-state index in [1.807, 2.05) is 41.8 Å². The Bertz CT molecular complexity index is 312. The normalized spacial score (nSPS) is 7.47. The Morgan fingerprint density at radius 2 is 1.41 bits per heavy atom. The Hall–Kier alpha value is -1.42. The van der Waals surface area contributed by atoms with E-state index in [4.69, 9.17) is 0 Å². The first-order chi connectivity index (χ1) is 8.24. The molecule has 0 unspecified atom stereocenters. The highest BCUT2D eigenvalue weighted by Crippen LogP contribution is 2.11. The Kier molecular flexibility index (Phi) is 13.4. The summed E-state index contributed by atoms with van der Waals surface area (Å²) in [5.74, 6) is 6.14. The van der Waals surface area contributed by atoms with Gasteiger partial charge in [0.1, 0.15) is 0 Å². The molecule has 0 heterocycles. The first-order valence-electron chi connectivity index (χ1n) is 6.50. The van der Waals surface area contributed by atoms with Crippen LogP contribution in [0.25, 0.3) is 0 Å². The molecule has 1 aromatic rings. The molecule has 0 atom stereocenters. The summed E-state index contributed by atoms with van der Waals surface area (Å²) in [6.45, 7) is 10.1. The highest BCUT2D eigenvalue weighted by atomic mass is 15.1. The zero-order valence-electron chi connectivity index (χ0n) is 12.5. The molecule has 0 aliphatic rings. The van der Waals surface area contributed by atoms with Crippen LogP contribution in [-0.4, -0.2) is 14.1 Å². The van der Waals surface area contributed by atoms with Gasteiger partial charge >= 0.3 is 0 Å².